The van der Waals surface area contributed by atoms with E-state index in [9.17, 15) is 19.2 Å². The van der Waals surface area contributed by atoms with Crippen molar-refractivity contribution < 1.29 is 47.6 Å². The minimum Gasteiger partial charge on any atom is -0.497 e. The van der Waals surface area contributed by atoms with Crippen LogP contribution in [0.3, 0.4) is 0 Å². The van der Waals surface area contributed by atoms with Crippen LogP contribution < -0.4 is 0 Å². The summed E-state index contributed by atoms with van der Waals surface area (Å²) in [5.74, 6) is -3.03. The van der Waals surface area contributed by atoms with Crippen LogP contribution in [0.15, 0.2) is 23.7 Å². The van der Waals surface area contributed by atoms with Gasteiger partial charge in [-0.15, -0.1) is 0 Å². The normalized spacial score (nSPS) is 40.7. The third-order valence-corrected chi connectivity index (χ3v) is 7.18. The minimum absolute atomic E-state index is 0.0902. The number of ether oxygens (including phenoxy) is 6. The van der Waals surface area contributed by atoms with Crippen molar-refractivity contribution in [3.63, 3.8) is 0 Å². The Balaban J connectivity index is 1.34. The van der Waals surface area contributed by atoms with Gasteiger partial charge in [0.05, 0.1) is 49.0 Å². The van der Waals surface area contributed by atoms with Gasteiger partial charge in [-0.1, -0.05) is 0 Å². The lowest BCUT2D eigenvalue weighted by atomic mass is 9.60. The van der Waals surface area contributed by atoms with Crippen LogP contribution in [0.2, 0.25) is 0 Å². The fourth-order valence-corrected chi connectivity index (χ4v) is 5.67. The predicted octanol–water partition coefficient (Wildman–Crippen LogP) is 1.18. The molecule has 5 rings (SSSR count). The second-order valence-corrected chi connectivity index (χ2v) is 9.52. The van der Waals surface area contributed by atoms with Crippen LogP contribution in [0.25, 0.3) is 0 Å². The van der Waals surface area contributed by atoms with Crippen molar-refractivity contribution in [3.8, 4) is 0 Å². The fraction of sp³-hybridized carbons (Fsp3) is 0.652. The summed E-state index contributed by atoms with van der Waals surface area (Å²) in [7, 11) is 0. The Bertz CT molecular complexity index is 890. The largest absolute Gasteiger partial charge is 0.497 e. The zero-order chi connectivity index (χ0) is 23.4. The van der Waals surface area contributed by atoms with Gasteiger partial charge in [0.25, 0.3) is 0 Å². The third-order valence-electron chi connectivity index (χ3n) is 7.18. The summed E-state index contributed by atoms with van der Waals surface area (Å²) in [6.07, 6.45) is 3.65. The van der Waals surface area contributed by atoms with Crippen LogP contribution in [-0.4, -0.2) is 61.5 Å². The quantitative estimate of drug-likeness (QED) is 0.383. The highest BCUT2D eigenvalue weighted by Gasteiger charge is 2.62. The first kappa shape index (κ1) is 21.8. The smallest absolute Gasteiger partial charge is 0.334 e. The van der Waals surface area contributed by atoms with Gasteiger partial charge in [-0.3, -0.25) is 9.59 Å². The van der Waals surface area contributed by atoms with Gasteiger partial charge in [0.2, 0.25) is 0 Å². The summed E-state index contributed by atoms with van der Waals surface area (Å²) in [5, 5.41) is 0. The van der Waals surface area contributed by atoms with Gasteiger partial charge >= 0.3 is 23.9 Å². The molecule has 3 aliphatic heterocycles. The lowest BCUT2D eigenvalue weighted by molar-refractivity contribution is -0.205. The number of hydrogen-bond donors (Lipinski definition) is 0. The van der Waals surface area contributed by atoms with Crippen LogP contribution in [-0.2, 0) is 47.6 Å². The van der Waals surface area contributed by atoms with E-state index in [0.717, 1.165) is 0 Å². The summed E-state index contributed by atoms with van der Waals surface area (Å²) >= 11 is 0. The topological polar surface area (TPSA) is 124 Å². The summed E-state index contributed by atoms with van der Waals surface area (Å²) < 4.78 is 33.3. The number of rotatable bonds is 0. The summed E-state index contributed by atoms with van der Waals surface area (Å²) in [6, 6.07) is 0. The summed E-state index contributed by atoms with van der Waals surface area (Å²) in [5.41, 5.74) is -1.65. The zero-order valence-electron chi connectivity index (χ0n) is 18.5. The van der Waals surface area contributed by atoms with Crippen molar-refractivity contribution in [2.24, 2.45) is 23.7 Å². The Hall–Kier alpha value is -3.04. The maximum Gasteiger partial charge on any atom is 0.334 e. The first-order chi connectivity index (χ1) is 15.7. The van der Waals surface area contributed by atoms with E-state index < -0.39 is 58.8 Å². The molecule has 6 unspecified atom stereocenters. The molecule has 10 heteroatoms. The number of esters is 4. The molecule has 3 fully saturated rings. The number of carbonyl (C=O) groups is 4. The molecule has 0 spiro atoms. The van der Waals surface area contributed by atoms with Crippen molar-refractivity contribution in [1.29, 1.82) is 0 Å². The van der Waals surface area contributed by atoms with Gasteiger partial charge in [-0.05, 0) is 13.8 Å². The molecule has 2 saturated carbocycles. The lowest BCUT2D eigenvalue weighted by Gasteiger charge is -2.52. The van der Waals surface area contributed by atoms with Crippen molar-refractivity contribution in [1.82, 2.24) is 0 Å². The molecule has 0 aromatic rings. The number of hydrogen-bond acceptors (Lipinski definition) is 10. The molecular formula is C23H26O10. The van der Waals surface area contributed by atoms with Crippen molar-refractivity contribution in [3.05, 3.63) is 23.7 Å². The van der Waals surface area contributed by atoms with Crippen LogP contribution in [0.1, 0.15) is 33.1 Å². The molecule has 0 N–H and O–H groups in total. The van der Waals surface area contributed by atoms with E-state index in [1.54, 1.807) is 13.8 Å². The molecule has 3 heterocycles. The van der Waals surface area contributed by atoms with Crippen molar-refractivity contribution >= 4 is 23.9 Å². The third kappa shape index (κ3) is 3.65. The van der Waals surface area contributed by atoms with E-state index >= 15 is 0 Å². The van der Waals surface area contributed by atoms with E-state index in [0.29, 0.717) is 30.8 Å². The second-order valence-electron chi connectivity index (χ2n) is 9.52. The van der Waals surface area contributed by atoms with Crippen molar-refractivity contribution in [2.75, 3.05) is 26.4 Å². The molecular weight excluding hydrogens is 436 g/mol. The van der Waals surface area contributed by atoms with E-state index in [2.05, 4.69) is 0 Å². The predicted molar refractivity (Wildman–Crippen MR) is 107 cm³/mol. The number of cyclic esters (lactones) is 2. The van der Waals surface area contributed by atoms with Gasteiger partial charge in [0, 0.05) is 19.3 Å². The molecule has 0 bridgehead atoms. The number of carbonyl (C=O) groups excluding carboxylic acids is 4. The Kier molecular flexibility index (Phi) is 5.13. The maximum absolute atomic E-state index is 12.6. The SMILES string of the molecule is CC12CC3C(=O)OCCOC(=O)C4CC5(C)OC(=O)C=C(OCCCOC(=CC(=O)O1)C32)C45. The van der Waals surface area contributed by atoms with Gasteiger partial charge in [-0.25, -0.2) is 9.59 Å². The lowest BCUT2D eigenvalue weighted by Crippen LogP contribution is -2.60. The van der Waals surface area contributed by atoms with E-state index in [1.165, 1.54) is 12.2 Å². The van der Waals surface area contributed by atoms with Crippen LogP contribution in [0, 0.1) is 23.7 Å². The van der Waals surface area contributed by atoms with E-state index in [-0.39, 0.29) is 26.4 Å². The molecule has 2 aliphatic carbocycles. The molecule has 0 amide bonds. The van der Waals surface area contributed by atoms with Gasteiger partial charge in [-0.2, -0.15) is 0 Å². The summed E-state index contributed by atoms with van der Waals surface area (Å²) in [6.45, 7) is 3.83. The molecule has 1 saturated heterocycles. The molecule has 178 valence electrons. The average molecular weight is 462 g/mol. The Morgan fingerprint density at radius 2 is 1.09 bits per heavy atom. The molecule has 5 aliphatic rings. The van der Waals surface area contributed by atoms with Crippen LogP contribution in [0.5, 0.6) is 0 Å². The van der Waals surface area contributed by atoms with E-state index in [1.807, 2.05) is 0 Å². The Morgan fingerprint density at radius 3 is 1.52 bits per heavy atom. The highest BCUT2D eigenvalue weighted by molar-refractivity contribution is 5.87. The minimum atomic E-state index is -0.826. The molecule has 33 heavy (non-hydrogen) atoms. The van der Waals surface area contributed by atoms with Crippen LogP contribution in [0.4, 0.5) is 0 Å². The molecule has 0 aromatic carbocycles. The molecule has 0 radical (unpaired) electrons. The van der Waals surface area contributed by atoms with Crippen molar-refractivity contribution in [2.45, 2.75) is 44.3 Å². The first-order valence-electron chi connectivity index (χ1n) is 11.2. The molecule has 6 atom stereocenters. The highest BCUT2D eigenvalue weighted by Crippen LogP contribution is 2.54. The monoisotopic (exact) mass is 462 g/mol. The van der Waals surface area contributed by atoms with E-state index in [4.69, 9.17) is 28.4 Å². The van der Waals surface area contributed by atoms with Gasteiger partial charge in [0.1, 0.15) is 35.9 Å². The zero-order valence-corrected chi connectivity index (χ0v) is 18.5. The maximum atomic E-state index is 12.6. The first-order valence-corrected chi connectivity index (χ1v) is 11.2. The fourth-order valence-electron chi connectivity index (χ4n) is 5.67. The molecule has 0 aromatic heterocycles. The van der Waals surface area contributed by atoms with Gasteiger partial charge < -0.3 is 28.4 Å². The van der Waals surface area contributed by atoms with Gasteiger partial charge in [0.15, 0.2) is 0 Å². The second kappa shape index (κ2) is 7.78. The Labute approximate surface area is 190 Å². The summed E-state index contributed by atoms with van der Waals surface area (Å²) in [4.78, 5) is 49.3. The molecule has 10 nitrogen and oxygen atoms in total. The highest BCUT2D eigenvalue weighted by atomic mass is 16.6. The standard InChI is InChI=1S/C23H26O10/c1-22-10-12-18(22)14(8-16(24)32-22)28-4-3-5-29-15-9-17(25)33-23(2)11-13(19(15)23)21(27)31-7-6-30-20(12)26/h8-9,12-13,18-19H,3-7,10-11H2,1-2H3. The van der Waals surface area contributed by atoms with Crippen LogP contribution >= 0.6 is 0 Å². The Morgan fingerprint density at radius 1 is 0.667 bits per heavy atom. The average Bonchev–Trinajstić information content (AvgIpc) is 2.70.